The van der Waals surface area contributed by atoms with Crippen LogP contribution in [0.5, 0.6) is 0 Å². The summed E-state index contributed by atoms with van der Waals surface area (Å²) in [4.78, 5) is 22.8. The van der Waals surface area contributed by atoms with Gasteiger partial charge in [0.1, 0.15) is 18.4 Å². The Morgan fingerprint density at radius 1 is 0.975 bits per heavy atom. The summed E-state index contributed by atoms with van der Waals surface area (Å²) in [6.07, 6.45) is 14.2. The van der Waals surface area contributed by atoms with Gasteiger partial charge in [-0.1, -0.05) is 52.5 Å². The van der Waals surface area contributed by atoms with Crippen LogP contribution >= 0.6 is 12.6 Å². The number of nitrogens with zero attached hydrogens (tertiary/aromatic N) is 4. The predicted octanol–water partition coefficient (Wildman–Crippen LogP) is 6.95. The van der Waals surface area contributed by atoms with E-state index in [0.29, 0.717) is 5.92 Å². The first-order valence-corrected chi connectivity index (χ1v) is 15.3. The molecule has 0 bridgehead atoms. The lowest BCUT2D eigenvalue weighted by atomic mass is 9.91. The standard InChI is InChI=1S/C23H31N5S.C4H8.C2H7N.C2H6.CH2O/c1-3-19(17-6-4-5-7-17)20-14-23(25-16-21(20)29)26-22-9-8-18(15-24-22)28-12-10-27(2)11-13-28;1-4-2-3-4;1-3-2;2*1-2/h3,8-9,14-17,29H,4-7,10-13H2,1-2H3,(H,24,25,26);4H,2-3H2,1H3;3H,1-2H3;1-2H3;1H2/b19-3+;;;;. The molecule has 2 aromatic heterocycles. The van der Waals surface area contributed by atoms with E-state index in [2.05, 4.69) is 82.1 Å². The Hall–Kier alpha value is -2.42. The first-order chi connectivity index (χ1) is 19.4. The number of nitrogens with one attached hydrogen (secondary N) is 2. The number of rotatable bonds is 5. The van der Waals surface area contributed by atoms with Crippen molar-refractivity contribution in [1.82, 2.24) is 20.2 Å². The highest BCUT2D eigenvalue weighted by atomic mass is 32.1. The van der Waals surface area contributed by atoms with E-state index in [1.165, 1.54) is 55.3 Å². The van der Waals surface area contributed by atoms with E-state index >= 15 is 0 Å². The highest BCUT2D eigenvalue weighted by molar-refractivity contribution is 7.80. The third-order valence-corrected chi connectivity index (χ3v) is 7.39. The Morgan fingerprint density at radius 3 is 2.00 bits per heavy atom. The first kappa shape index (κ1) is 35.6. The van der Waals surface area contributed by atoms with Crippen molar-refractivity contribution in [2.24, 2.45) is 11.8 Å². The van der Waals surface area contributed by atoms with Gasteiger partial charge < -0.3 is 25.2 Å². The molecule has 1 aliphatic heterocycles. The molecule has 8 heteroatoms. The third kappa shape index (κ3) is 12.4. The van der Waals surface area contributed by atoms with Crippen LogP contribution in [0.4, 0.5) is 17.3 Å². The quantitative estimate of drug-likeness (QED) is 0.336. The Labute approximate surface area is 249 Å². The van der Waals surface area contributed by atoms with E-state index in [0.717, 1.165) is 48.6 Å². The van der Waals surface area contributed by atoms with Gasteiger partial charge in [0.15, 0.2) is 0 Å². The molecule has 3 aliphatic rings. The van der Waals surface area contributed by atoms with Gasteiger partial charge in [0.2, 0.25) is 0 Å². The minimum absolute atomic E-state index is 0.641. The molecule has 2 aromatic rings. The molecule has 0 unspecified atom stereocenters. The van der Waals surface area contributed by atoms with Crippen molar-refractivity contribution in [3.8, 4) is 0 Å². The molecule has 1 saturated heterocycles. The molecule has 224 valence electrons. The average Bonchev–Trinajstić information content (AvgIpc) is 3.58. The van der Waals surface area contributed by atoms with Crippen molar-refractivity contribution in [3.63, 3.8) is 0 Å². The van der Waals surface area contributed by atoms with E-state index in [1.807, 2.05) is 53.2 Å². The number of carbonyl (C=O) groups excluding carboxylic acids is 1. The second kappa shape index (κ2) is 20.5. The number of likely N-dealkylation sites (N-methyl/N-ethyl adjacent to an activating group) is 1. The molecular formula is C32H54N6OS. The maximum Gasteiger partial charge on any atom is 0.132 e. The van der Waals surface area contributed by atoms with Crippen molar-refractivity contribution in [2.75, 3.05) is 57.5 Å². The van der Waals surface area contributed by atoms with Crippen LogP contribution in [-0.2, 0) is 4.79 Å². The van der Waals surface area contributed by atoms with Crippen LogP contribution < -0.4 is 15.5 Å². The van der Waals surface area contributed by atoms with Crippen molar-refractivity contribution >= 4 is 42.3 Å². The molecule has 0 radical (unpaired) electrons. The van der Waals surface area contributed by atoms with Gasteiger partial charge in [-0.05, 0) is 82.1 Å². The summed E-state index contributed by atoms with van der Waals surface area (Å²) in [6, 6.07) is 6.30. The molecule has 0 aromatic carbocycles. The molecular weight excluding hydrogens is 516 g/mol. The number of piperazine rings is 1. The molecule has 2 saturated carbocycles. The zero-order valence-electron chi connectivity index (χ0n) is 26.0. The zero-order valence-corrected chi connectivity index (χ0v) is 26.9. The minimum Gasteiger partial charge on any atom is -0.368 e. The summed E-state index contributed by atoms with van der Waals surface area (Å²) in [5, 5.41) is 6.12. The molecule has 3 heterocycles. The predicted molar refractivity (Wildman–Crippen MR) is 176 cm³/mol. The third-order valence-electron chi connectivity index (χ3n) is 7.04. The molecule has 5 rings (SSSR count). The molecule has 2 aliphatic carbocycles. The van der Waals surface area contributed by atoms with Crippen LogP contribution in [0.3, 0.4) is 0 Å². The summed E-state index contributed by atoms with van der Waals surface area (Å²) in [6.45, 7) is 14.7. The summed E-state index contributed by atoms with van der Waals surface area (Å²) >= 11 is 4.68. The number of anilines is 3. The van der Waals surface area contributed by atoms with E-state index in [9.17, 15) is 0 Å². The topological polar surface area (TPSA) is 73.4 Å². The molecule has 2 N–H and O–H groups in total. The van der Waals surface area contributed by atoms with E-state index < -0.39 is 0 Å². The van der Waals surface area contributed by atoms with Gasteiger partial charge in [0.05, 0.1) is 11.9 Å². The fourth-order valence-electron chi connectivity index (χ4n) is 4.61. The maximum absolute atomic E-state index is 8.00. The summed E-state index contributed by atoms with van der Waals surface area (Å²) < 4.78 is 0. The molecule has 40 heavy (non-hydrogen) atoms. The van der Waals surface area contributed by atoms with Crippen molar-refractivity contribution in [1.29, 1.82) is 0 Å². The monoisotopic (exact) mass is 570 g/mol. The lowest BCUT2D eigenvalue weighted by Gasteiger charge is -2.33. The highest BCUT2D eigenvalue weighted by Crippen LogP contribution is 2.39. The van der Waals surface area contributed by atoms with Crippen LogP contribution in [-0.4, -0.2) is 69.0 Å². The largest absolute Gasteiger partial charge is 0.368 e. The van der Waals surface area contributed by atoms with Crippen molar-refractivity contribution < 1.29 is 4.79 Å². The summed E-state index contributed by atoms with van der Waals surface area (Å²) in [5.41, 5.74) is 3.77. The van der Waals surface area contributed by atoms with E-state index in [1.54, 1.807) is 0 Å². The van der Waals surface area contributed by atoms with Crippen molar-refractivity contribution in [3.05, 3.63) is 42.2 Å². The lowest BCUT2D eigenvalue weighted by molar-refractivity contribution is -0.0980. The van der Waals surface area contributed by atoms with Gasteiger partial charge in [-0.2, -0.15) is 0 Å². The Kier molecular flexibility index (Phi) is 18.2. The Balaban J connectivity index is 0.000000625. The fraction of sp³-hybridized carbons (Fsp3) is 0.594. The van der Waals surface area contributed by atoms with Gasteiger partial charge in [0, 0.05) is 37.3 Å². The van der Waals surface area contributed by atoms with Crippen LogP contribution in [0.2, 0.25) is 0 Å². The number of thiol groups is 1. The molecule has 7 nitrogen and oxygen atoms in total. The summed E-state index contributed by atoms with van der Waals surface area (Å²) in [7, 11) is 5.92. The normalized spacial score (nSPS) is 17.1. The second-order valence-electron chi connectivity index (χ2n) is 10.3. The van der Waals surface area contributed by atoms with Gasteiger partial charge in [-0.15, -0.1) is 12.6 Å². The van der Waals surface area contributed by atoms with Gasteiger partial charge >= 0.3 is 0 Å². The lowest BCUT2D eigenvalue weighted by Crippen LogP contribution is -2.44. The SMILES string of the molecule is C/C=C(/c1cc(Nc2ccc(N3CCN(C)CC3)cn2)ncc1S)C1CCCC1.C=O.CC.CC1CC1.CNC. The molecule has 0 atom stereocenters. The smallest absolute Gasteiger partial charge is 0.132 e. The Bertz CT molecular complexity index is 966. The maximum atomic E-state index is 8.00. The van der Waals surface area contributed by atoms with Crippen LogP contribution in [0, 0.1) is 11.8 Å². The zero-order chi connectivity index (χ0) is 29.9. The molecule has 0 spiro atoms. The number of carbonyl (C=O) groups is 1. The van der Waals surface area contributed by atoms with Crippen molar-refractivity contribution in [2.45, 2.75) is 71.1 Å². The molecule has 3 fully saturated rings. The minimum atomic E-state index is 0.641. The number of hydrogen-bond donors (Lipinski definition) is 3. The van der Waals surface area contributed by atoms with Crippen LogP contribution in [0.25, 0.3) is 5.57 Å². The number of hydrogen-bond acceptors (Lipinski definition) is 8. The highest BCUT2D eigenvalue weighted by Gasteiger charge is 2.22. The van der Waals surface area contributed by atoms with Gasteiger partial charge in [-0.3, -0.25) is 0 Å². The van der Waals surface area contributed by atoms with Crippen LogP contribution in [0.1, 0.15) is 71.8 Å². The Morgan fingerprint density at radius 2 is 1.52 bits per heavy atom. The van der Waals surface area contributed by atoms with Gasteiger partial charge in [-0.25, -0.2) is 9.97 Å². The average molecular weight is 571 g/mol. The number of allylic oxidation sites excluding steroid dienone is 2. The first-order valence-electron chi connectivity index (χ1n) is 14.8. The fourth-order valence-corrected chi connectivity index (χ4v) is 4.86. The number of aromatic nitrogens is 2. The van der Waals surface area contributed by atoms with Crippen LogP contribution in [0.15, 0.2) is 41.6 Å². The van der Waals surface area contributed by atoms with E-state index in [-0.39, 0.29) is 0 Å². The summed E-state index contributed by atoms with van der Waals surface area (Å²) in [5.74, 6) is 3.35. The van der Waals surface area contributed by atoms with E-state index in [4.69, 9.17) is 4.79 Å². The molecule has 0 amide bonds. The van der Waals surface area contributed by atoms with Gasteiger partial charge in [0.25, 0.3) is 0 Å². The number of pyridine rings is 2. The second-order valence-corrected chi connectivity index (χ2v) is 10.8.